The van der Waals surface area contributed by atoms with Crippen molar-refractivity contribution in [1.82, 2.24) is 4.98 Å². The Morgan fingerprint density at radius 1 is 1.24 bits per heavy atom. The quantitative estimate of drug-likeness (QED) is 0.839. The van der Waals surface area contributed by atoms with E-state index in [1.165, 1.54) is 13.2 Å². The maximum Gasteiger partial charge on any atom is 0.356 e. The molecule has 0 aliphatic carbocycles. The largest absolute Gasteiger partial charge is 0.464 e. The summed E-state index contributed by atoms with van der Waals surface area (Å²) in [6, 6.07) is 10.9. The molecular formula is C15H18N4O2. The Kier molecular flexibility index (Phi) is 4.27. The Bertz CT molecular complexity index is 656. The number of aromatic nitrogens is 1. The molecule has 0 atom stereocenters. The van der Waals surface area contributed by atoms with Crippen molar-refractivity contribution >= 4 is 28.8 Å². The van der Waals surface area contributed by atoms with Gasteiger partial charge in [-0.25, -0.2) is 9.78 Å². The van der Waals surface area contributed by atoms with Gasteiger partial charge in [-0.2, -0.15) is 0 Å². The lowest BCUT2D eigenvalue weighted by atomic mass is 10.2. The van der Waals surface area contributed by atoms with Gasteiger partial charge in [-0.15, -0.1) is 0 Å². The molecule has 0 radical (unpaired) electrons. The number of anilines is 4. The Hall–Kier alpha value is -2.76. The molecule has 6 nitrogen and oxygen atoms in total. The molecule has 0 spiro atoms. The molecule has 0 bridgehead atoms. The topological polar surface area (TPSA) is 80.5 Å². The van der Waals surface area contributed by atoms with Crippen LogP contribution in [0.5, 0.6) is 0 Å². The summed E-state index contributed by atoms with van der Waals surface area (Å²) in [6.07, 6.45) is 0. The van der Waals surface area contributed by atoms with E-state index in [1.54, 1.807) is 6.07 Å². The van der Waals surface area contributed by atoms with Crippen molar-refractivity contribution in [3.8, 4) is 0 Å². The molecule has 2 aromatic rings. The number of benzene rings is 1. The molecule has 1 heterocycles. The van der Waals surface area contributed by atoms with Gasteiger partial charge in [0.1, 0.15) is 0 Å². The zero-order valence-corrected chi connectivity index (χ0v) is 12.3. The van der Waals surface area contributed by atoms with Crippen LogP contribution in [-0.4, -0.2) is 32.2 Å². The highest BCUT2D eigenvalue weighted by atomic mass is 16.5. The molecule has 0 fully saturated rings. The fourth-order valence-electron chi connectivity index (χ4n) is 1.89. The second kappa shape index (κ2) is 6.13. The average Bonchev–Trinajstić information content (AvgIpc) is 2.49. The van der Waals surface area contributed by atoms with Crippen molar-refractivity contribution in [3.05, 3.63) is 42.1 Å². The third-order valence-electron chi connectivity index (χ3n) is 2.96. The van der Waals surface area contributed by atoms with Gasteiger partial charge < -0.3 is 20.7 Å². The van der Waals surface area contributed by atoms with E-state index < -0.39 is 5.97 Å². The molecule has 0 saturated carbocycles. The SMILES string of the molecule is COC(=O)c1ccc(N)c(Nc2ccccc2N(C)C)n1. The fraction of sp³-hybridized carbons (Fsp3) is 0.200. The lowest BCUT2D eigenvalue weighted by molar-refractivity contribution is 0.0594. The second-order valence-electron chi connectivity index (χ2n) is 4.66. The summed E-state index contributed by atoms with van der Waals surface area (Å²) in [5, 5.41) is 3.16. The first-order valence-electron chi connectivity index (χ1n) is 6.41. The highest BCUT2D eigenvalue weighted by Crippen LogP contribution is 2.28. The van der Waals surface area contributed by atoms with Crippen LogP contribution < -0.4 is 16.0 Å². The third kappa shape index (κ3) is 3.22. The highest BCUT2D eigenvalue weighted by molar-refractivity contribution is 5.89. The molecular weight excluding hydrogens is 268 g/mol. The van der Waals surface area contributed by atoms with Gasteiger partial charge in [0.05, 0.1) is 24.2 Å². The van der Waals surface area contributed by atoms with Gasteiger partial charge in [0, 0.05) is 14.1 Å². The predicted octanol–water partition coefficient (Wildman–Crippen LogP) is 2.26. The van der Waals surface area contributed by atoms with Crippen LogP contribution in [0, 0.1) is 0 Å². The number of para-hydroxylation sites is 2. The van der Waals surface area contributed by atoms with E-state index in [-0.39, 0.29) is 5.69 Å². The van der Waals surface area contributed by atoms with Crippen LogP contribution in [0.25, 0.3) is 0 Å². The summed E-state index contributed by atoms with van der Waals surface area (Å²) in [4.78, 5) is 17.7. The van der Waals surface area contributed by atoms with Crippen LogP contribution in [0.1, 0.15) is 10.5 Å². The second-order valence-corrected chi connectivity index (χ2v) is 4.66. The number of carbonyl (C=O) groups excluding carboxylic acids is 1. The van der Waals surface area contributed by atoms with Crippen molar-refractivity contribution in [1.29, 1.82) is 0 Å². The van der Waals surface area contributed by atoms with Gasteiger partial charge in [-0.3, -0.25) is 0 Å². The third-order valence-corrected chi connectivity index (χ3v) is 2.96. The number of nitrogens with zero attached hydrogens (tertiary/aromatic N) is 2. The van der Waals surface area contributed by atoms with Crippen LogP contribution in [0.4, 0.5) is 22.9 Å². The van der Waals surface area contributed by atoms with Gasteiger partial charge in [0.2, 0.25) is 0 Å². The number of esters is 1. The minimum Gasteiger partial charge on any atom is -0.464 e. The van der Waals surface area contributed by atoms with E-state index in [2.05, 4.69) is 15.0 Å². The summed E-state index contributed by atoms with van der Waals surface area (Å²) >= 11 is 0. The number of nitrogens with one attached hydrogen (secondary N) is 1. The minimum atomic E-state index is -0.501. The number of rotatable bonds is 4. The van der Waals surface area contributed by atoms with Gasteiger partial charge >= 0.3 is 5.97 Å². The zero-order valence-electron chi connectivity index (χ0n) is 12.3. The van der Waals surface area contributed by atoms with E-state index in [0.717, 1.165) is 11.4 Å². The maximum absolute atomic E-state index is 11.5. The van der Waals surface area contributed by atoms with Crippen molar-refractivity contribution < 1.29 is 9.53 Å². The highest BCUT2D eigenvalue weighted by Gasteiger charge is 2.12. The first-order valence-corrected chi connectivity index (χ1v) is 6.41. The van der Waals surface area contributed by atoms with E-state index in [9.17, 15) is 4.79 Å². The van der Waals surface area contributed by atoms with Crippen molar-refractivity contribution in [2.45, 2.75) is 0 Å². The number of hydrogen-bond donors (Lipinski definition) is 2. The first kappa shape index (κ1) is 14.6. The van der Waals surface area contributed by atoms with Crippen molar-refractivity contribution in [2.24, 2.45) is 0 Å². The Morgan fingerprint density at radius 2 is 1.95 bits per heavy atom. The Labute approximate surface area is 123 Å². The maximum atomic E-state index is 11.5. The lowest BCUT2D eigenvalue weighted by Crippen LogP contribution is -2.12. The first-order chi connectivity index (χ1) is 10.0. The van der Waals surface area contributed by atoms with Crippen LogP contribution in [-0.2, 0) is 4.74 Å². The number of hydrogen-bond acceptors (Lipinski definition) is 6. The number of ether oxygens (including phenoxy) is 1. The van der Waals surface area contributed by atoms with Crippen LogP contribution in [0.3, 0.4) is 0 Å². The number of nitrogen functional groups attached to an aromatic ring is 1. The van der Waals surface area contributed by atoms with E-state index in [0.29, 0.717) is 11.5 Å². The summed E-state index contributed by atoms with van der Waals surface area (Å²) in [5.41, 5.74) is 8.41. The van der Waals surface area contributed by atoms with Gasteiger partial charge in [-0.1, -0.05) is 12.1 Å². The van der Waals surface area contributed by atoms with E-state index >= 15 is 0 Å². The predicted molar refractivity (Wildman–Crippen MR) is 84.0 cm³/mol. The molecule has 110 valence electrons. The van der Waals surface area contributed by atoms with Crippen molar-refractivity contribution in [2.75, 3.05) is 37.2 Å². The molecule has 1 aromatic carbocycles. The van der Waals surface area contributed by atoms with Gasteiger partial charge in [0.15, 0.2) is 11.5 Å². The van der Waals surface area contributed by atoms with Crippen LogP contribution >= 0.6 is 0 Å². The van der Waals surface area contributed by atoms with Gasteiger partial charge in [-0.05, 0) is 24.3 Å². The van der Waals surface area contributed by atoms with Crippen LogP contribution in [0.15, 0.2) is 36.4 Å². The number of pyridine rings is 1. The summed E-state index contributed by atoms with van der Waals surface area (Å²) in [7, 11) is 5.21. The molecule has 3 N–H and O–H groups in total. The molecule has 0 amide bonds. The summed E-state index contributed by atoms with van der Waals surface area (Å²) < 4.78 is 4.67. The fourth-order valence-corrected chi connectivity index (χ4v) is 1.89. The Balaban J connectivity index is 2.38. The van der Waals surface area contributed by atoms with E-state index in [1.807, 2.05) is 43.3 Å². The van der Waals surface area contributed by atoms with Gasteiger partial charge in [0.25, 0.3) is 0 Å². The summed E-state index contributed by atoms with van der Waals surface area (Å²) in [6.45, 7) is 0. The molecule has 0 saturated heterocycles. The lowest BCUT2D eigenvalue weighted by Gasteiger charge is -2.18. The average molecular weight is 286 g/mol. The molecule has 1 aromatic heterocycles. The zero-order chi connectivity index (χ0) is 15.4. The normalized spacial score (nSPS) is 10.0. The van der Waals surface area contributed by atoms with Crippen LogP contribution in [0.2, 0.25) is 0 Å². The Morgan fingerprint density at radius 3 is 2.62 bits per heavy atom. The van der Waals surface area contributed by atoms with Crippen molar-refractivity contribution in [3.63, 3.8) is 0 Å². The number of carbonyl (C=O) groups is 1. The minimum absolute atomic E-state index is 0.205. The molecule has 0 aliphatic rings. The molecule has 21 heavy (non-hydrogen) atoms. The number of nitrogens with two attached hydrogens (primary N) is 1. The molecule has 6 heteroatoms. The monoisotopic (exact) mass is 286 g/mol. The number of methoxy groups -OCH3 is 1. The summed E-state index contributed by atoms with van der Waals surface area (Å²) in [5.74, 6) is -0.0776. The standard InChI is InChI=1S/C15H18N4O2/c1-19(2)13-7-5-4-6-11(13)17-14-10(16)8-9-12(18-14)15(20)21-3/h4-9H,16H2,1-3H3,(H,17,18). The molecule has 2 rings (SSSR count). The molecule has 0 unspecified atom stereocenters. The smallest absolute Gasteiger partial charge is 0.356 e. The van der Waals surface area contributed by atoms with E-state index in [4.69, 9.17) is 5.73 Å². The molecule has 0 aliphatic heterocycles.